The molecule has 0 radical (unpaired) electrons. The summed E-state index contributed by atoms with van der Waals surface area (Å²) < 4.78 is 0.285. The first-order valence-electron chi connectivity index (χ1n) is 4.18. The Kier molecular flexibility index (Phi) is 2.97. The number of hydrogen-bond acceptors (Lipinski definition) is 4. The third kappa shape index (κ3) is 1.53. The summed E-state index contributed by atoms with van der Waals surface area (Å²) in [6.07, 6.45) is 2.40. The van der Waals surface area contributed by atoms with Crippen molar-refractivity contribution in [1.82, 2.24) is 0 Å². The summed E-state index contributed by atoms with van der Waals surface area (Å²) >= 11 is 5.96. The van der Waals surface area contributed by atoms with E-state index in [4.69, 9.17) is 0 Å². The van der Waals surface area contributed by atoms with Crippen molar-refractivity contribution in [2.45, 2.75) is 10.5 Å². The van der Waals surface area contributed by atoms with Gasteiger partial charge in [0, 0.05) is 23.2 Å². The molecule has 2 saturated heterocycles. The fourth-order valence-corrected chi connectivity index (χ4v) is 6.82. The fraction of sp³-hybridized carbons (Fsp3) is 0.875. The topological polar surface area (TPSA) is 17.1 Å². The molecule has 0 amide bonds. The maximum atomic E-state index is 10.9. The van der Waals surface area contributed by atoms with E-state index in [1.165, 1.54) is 30.0 Å². The van der Waals surface area contributed by atoms with E-state index in [0.717, 1.165) is 5.75 Å². The second-order valence-corrected chi connectivity index (χ2v) is 7.34. The van der Waals surface area contributed by atoms with Gasteiger partial charge in [-0.05, 0) is 12.2 Å². The van der Waals surface area contributed by atoms with E-state index < -0.39 is 0 Å². The molecule has 0 aromatic rings. The first kappa shape index (κ1) is 9.28. The fourth-order valence-electron chi connectivity index (χ4n) is 1.71. The second kappa shape index (κ2) is 3.84. The summed E-state index contributed by atoms with van der Waals surface area (Å²) in [5.41, 5.74) is 0. The van der Waals surface area contributed by atoms with Crippen LogP contribution in [0.1, 0.15) is 6.42 Å². The third-order valence-corrected chi connectivity index (χ3v) is 7.26. The summed E-state index contributed by atoms with van der Waals surface area (Å²) in [7, 11) is 0. The molecule has 0 bridgehead atoms. The monoisotopic (exact) mass is 220 g/mol. The molecule has 2 aliphatic heterocycles. The molecule has 2 aliphatic rings. The number of carbonyl (C=O) groups is 1. The molecule has 0 N–H and O–H groups in total. The second-order valence-electron chi connectivity index (χ2n) is 3.08. The summed E-state index contributed by atoms with van der Waals surface area (Å²) in [5.74, 6) is 5.06. The summed E-state index contributed by atoms with van der Waals surface area (Å²) in [5, 5.41) is 0. The Morgan fingerprint density at radius 2 is 2.00 bits per heavy atom. The Labute approximate surface area is 85.8 Å². The van der Waals surface area contributed by atoms with Crippen LogP contribution in [0.5, 0.6) is 0 Å². The average molecular weight is 220 g/mol. The lowest BCUT2D eigenvalue weighted by Crippen LogP contribution is -2.36. The van der Waals surface area contributed by atoms with Gasteiger partial charge in [0.05, 0.1) is 4.08 Å². The zero-order chi connectivity index (χ0) is 8.44. The maximum Gasteiger partial charge on any atom is 0.126 e. The van der Waals surface area contributed by atoms with E-state index in [0.29, 0.717) is 5.92 Å². The Bertz CT molecular complexity index is 177. The van der Waals surface area contributed by atoms with Gasteiger partial charge in [0.25, 0.3) is 0 Å². The molecule has 2 heterocycles. The minimum absolute atomic E-state index is 0.285. The molecule has 12 heavy (non-hydrogen) atoms. The molecule has 2 rings (SSSR count). The molecule has 4 heteroatoms. The first-order chi connectivity index (χ1) is 5.87. The lowest BCUT2D eigenvalue weighted by molar-refractivity contribution is -0.110. The van der Waals surface area contributed by atoms with Crippen molar-refractivity contribution in [2.75, 3.05) is 23.0 Å². The number of hydrogen-bond donors (Lipinski definition) is 0. The number of thioether (sulfide) groups is 3. The normalized spacial score (nSPS) is 33.8. The van der Waals surface area contributed by atoms with E-state index in [-0.39, 0.29) is 4.08 Å². The SMILES string of the molecule is O=CC1CSCCC12SCCS2. The summed E-state index contributed by atoms with van der Waals surface area (Å²) in [4.78, 5) is 10.9. The van der Waals surface area contributed by atoms with Crippen LogP contribution in [0, 0.1) is 5.92 Å². The quantitative estimate of drug-likeness (QED) is 0.629. The molecule has 68 valence electrons. The van der Waals surface area contributed by atoms with Crippen LogP contribution in [-0.4, -0.2) is 33.4 Å². The van der Waals surface area contributed by atoms with Crippen LogP contribution in [0.15, 0.2) is 0 Å². The van der Waals surface area contributed by atoms with Gasteiger partial charge in [-0.25, -0.2) is 0 Å². The highest BCUT2D eigenvalue weighted by atomic mass is 32.2. The van der Waals surface area contributed by atoms with Gasteiger partial charge in [-0.2, -0.15) is 11.8 Å². The highest BCUT2D eigenvalue weighted by Crippen LogP contribution is 2.54. The van der Waals surface area contributed by atoms with Crippen LogP contribution in [0.4, 0.5) is 0 Å². The first-order valence-corrected chi connectivity index (χ1v) is 7.31. The predicted molar refractivity (Wildman–Crippen MR) is 59.1 cm³/mol. The zero-order valence-corrected chi connectivity index (χ0v) is 9.27. The molecule has 0 aromatic heterocycles. The van der Waals surface area contributed by atoms with E-state index in [1.54, 1.807) is 0 Å². The van der Waals surface area contributed by atoms with Gasteiger partial charge >= 0.3 is 0 Å². The highest BCUT2D eigenvalue weighted by molar-refractivity contribution is 8.21. The number of carbonyl (C=O) groups excluding carboxylic acids is 1. The van der Waals surface area contributed by atoms with Crippen LogP contribution in [-0.2, 0) is 4.79 Å². The molecule has 2 fully saturated rings. The van der Waals surface area contributed by atoms with Crippen LogP contribution in [0.3, 0.4) is 0 Å². The summed E-state index contributed by atoms with van der Waals surface area (Å²) in [6, 6.07) is 0. The van der Waals surface area contributed by atoms with Crippen molar-refractivity contribution in [3.63, 3.8) is 0 Å². The highest BCUT2D eigenvalue weighted by Gasteiger charge is 2.44. The molecule has 0 saturated carbocycles. The van der Waals surface area contributed by atoms with E-state index in [9.17, 15) is 4.79 Å². The molecule has 1 spiro atoms. The van der Waals surface area contributed by atoms with Crippen LogP contribution >= 0.6 is 35.3 Å². The minimum Gasteiger partial charge on any atom is -0.303 e. The largest absolute Gasteiger partial charge is 0.303 e. The van der Waals surface area contributed by atoms with Gasteiger partial charge in [0.15, 0.2) is 0 Å². The van der Waals surface area contributed by atoms with E-state index in [1.807, 2.05) is 35.3 Å². The molecule has 0 aromatic carbocycles. The van der Waals surface area contributed by atoms with Gasteiger partial charge in [-0.1, -0.05) is 0 Å². The maximum absolute atomic E-state index is 10.9. The molecule has 0 aliphatic carbocycles. The van der Waals surface area contributed by atoms with E-state index >= 15 is 0 Å². The van der Waals surface area contributed by atoms with Crippen LogP contribution in [0.25, 0.3) is 0 Å². The third-order valence-electron chi connectivity index (χ3n) is 2.40. The van der Waals surface area contributed by atoms with Crippen LogP contribution in [0.2, 0.25) is 0 Å². The van der Waals surface area contributed by atoms with Gasteiger partial charge in [0.1, 0.15) is 6.29 Å². The van der Waals surface area contributed by atoms with Crippen LogP contribution < -0.4 is 0 Å². The molecular weight excluding hydrogens is 208 g/mol. The van der Waals surface area contributed by atoms with Gasteiger partial charge in [0.2, 0.25) is 0 Å². The zero-order valence-electron chi connectivity index (χ0n) is 6.82. The Hall–Kier alpha value is 0.720. The van der Waals surface area contributed by atoms with Crippen molar-refractivity contribution < 1.29 is 4.79 Å². The van der Waals surface area contributed by atoms with Crippen molar-refractivity contribution in [2.24, 2.45) is 5.92 Å². The average Bonchev–Trinajstić information content (AvgIpc) is 2.55. The molecular formula is C8H12OS3. The molecule has 1 atom stereocenters. The van der Waals surface area contributed by atoms with Crippen molar-refractivity contribution in [3.8, 4) is 0 Å². The van der Waals surface area contributed by atoms with Crippen molar-refractivity contribution in [1.29, 1.82) is 0 Å². The summed E-state index contributed by atoms with van der Waals surface area (Å²) in [6.45, 7) is 0. The minimum atomic E-state index is 0.285. The molecule has 1 unspecified atom stereocenters. The van der Waals surface area contributed by atoms with Gasteiger partial charge in [-0.15, -0.1) is 23.5 Å². The van der Waals surface area contributed by atoms with Crippen molar-refractivity contribution >= 4 is 41.6 Å². The number of rotatable bonds is 1. The smallest absolute Gasteiger partial charge is 0.126 e. The lowest BCUT2D eigenvalue weighted by Gasteiger charge is -2.36. The van der Waals surface area contributed by atoms with Gasteiger partial charge in [-0.3, -0.25) is 0 Å². The van der Waals surface area contributed by atoms with Gasteiger partial charge < -0.3 is 4.79 Å². The Morgan fingerprint density at radius 3 is 2.67 bits per heavy atom. The Morgan fingerprint density at radius 1 is 1.25 bits per heavy atom. The van der Waals surface area contributed by atoms with E-state index in [2.05, 4.69) is 0 Å². The predicted octanol–water partition coefficient (Wildman–Crippen LogP) is 2.11. The standard InChI is InChI=1S/C8H12OS3/c9-5-7-6-10-2-1-8(7)11-3-4-12-8/h5,7H,1-4,6H2. The Balaban J connectivity index is 2.12. The lowest BCUT2D eigenvalue weighted by atomic mass is 10.1. The van der Waals surface area contributed by atoms with Crippen molar-refractivity contribution in [3.05, 3.63) is 0 Å². The number of aldehydes is 1. The molecule has 1 nitrogen and oxygen atoms in total.